The lowest BCUT2D eigenvalue weighted by Crippen LogP contribution is -2.16. The van der Waals surface area contributed by atoms with E-state index in [0.29, 0.717) is 13.0 Å². The predicted octanol–water partition coefficient (Wildman–Crippen LogP) is 2.94. The largest absolute Gasteiger partial charge is 0.493 e. The average Bonchev–Trinajstić information content (AvgIpc) is 2.36. The van der Waals surface area contributed by atoms with Gasteiger partial charge in [-0.25, -0.2) is 0 Å². The average molecular weight is 266 g/mol. The highest BCUT2D eigenvalue weighted by molar-refractivity contribution is 5.45. The summed E-state index contributed by atoms with van der Waals surface area (Å²) in [6.07, 6.45) is 0.845. The molecule has 1 aromatic rings. The number of hydrogen-bond acceptors (Lipinski definition) is 3. The van der Waals surface area contributed by atoms with Crippen molar-refractivity contribution in [2.45, 2.75) is 52.6 Å². The molecule has 0 aliphatic carbocycles. The van der Waals surface area contributed by atoms with Crippen molar-refractivity contribution in [3.8, 4) is 5.75 Å². The molecule has 0 bridgehead atoms. The van der Waals surface area contributed by atoms with E-state index in [-0.39, 0.29) is 12.5 Å². The molecular formula is C16H26O3. The number of hydrogen-bond donors (Lipinski definition) is 2. The summed E-state index contributed by atoms with van der Waals surface area (Å²) in [5.41, 5.74) is 3.45. The molecule has 2 N–H and O–H groups in total. The molecule has 0 radical (unpaired) electrons. The summed E-state index contributed by atoms with van der Waals surface area (Å²) < 4.78 is 5.86. The Bertz CT molecular complexity index is 401. The third kappa shape index (κ3) is 4.51. The zero-order chi connectivity index (χ0) is 14.4. The lowest BCUT2D eigenvalue weighted by Gasteiger charge is -2.21. The zero-order valence-corrected chi connectivity index (χ0v) is 12.4. The number of aryl methyl sites for hydroxylation is 2. The van der Waals surface area contributed by atoms with Crippen molar-refractivity contribution in [1.82, 2.24) is 0 Å². The summed E-state index contributed by atoms with van der Waals surface area (Å²) in [4.78, 5) is 0. The smallest absolute Gasteiger partial charge is 0.125 e. The van der Waals surface area contributed by atoms with Crippen LogP contribution >= 0.6 is 0 Å². The van der Waals surface area contributed by atoms with Gasteiger partial charge in [0, 0.05) is 0 Å². The van der Waals surface area contributed by atoms with Crippen molar-refractivity contribution >= 4 is 0 Å². The monoisotopic (exact) mass is 266 g/mol. The molecule has 1 rings (SSSR count). The Morgan fingerprint density at radius 2 is 1.95 bits per heavy atom. The van der Waals surface area contributed by atoms with E-state index in [1.807, 2.05) is 0 Å². The summed E-state index contributed by atoms with van der Waals surface area (Å²) >= 11 is 0. The van der Waals surface area contributed by atoms with Gasteiger partial charge in [0.2, 0.25) is 0 Å². The van der Waals surface area contributed by atoms with Gasteiger partial charge in [0.25, 0.3) is 0 Å². The molecule has 0 aromatic heterocycles. The first-order valence-corrected chi connectivity index (χ1v) is 7.02. The molecule has 2 atom stereocenters. The van der Waals surface area contributed by atoms with Gasteiger partial charge in [-0.3, -0.25) is 0 Å². The molecule has 3 heteroatoms. The number of rotatable bonds is 7. The molecule has 0 amide bonds. The van der Waals surface area contributed by atoms with E-state index in [1.165, 1.54) is 5.56 Å². The van der Waals surface area contributed by atoms with Crippen molar-refractivity contribution < 1.29 is 14.9 Å². The van der Waals surface area contributed by atoms with Crippen LogP contribution in [0, 0.1) is 13.8 Å². The normalized spacial score (nSPS) is 14.2. The van der Waals surface area contributed by atoms with E-state index in [0.717, 1.165) is 23.3 Å². The van der Waals surface area contributed by atoms with Crippen LogP contribution in [0.4, 0.5) is 0 Å². The SMILES string of the molecule is CCCOc1c(C)cc(C)cc1C(C)CC(O)CO. The molecule has 0 saturated heterocycles. The maximum atomic E-state index is 9.60. The van der Waals surface area contributed by atoms with Crippen LogP contribution < -0.4 is 4.74 Å². The van der Waals surface area contributed by atoms with E-state index in [4.69, 9.17) is 9.84 Å². The Balaban J connectivity index is 3.01. The fourth-order valence-electron chi connectivity index (χ4n) is 2.36. The number of aliphatic hydroxyl groups excluding tert-OH is 2. The topological polar surface area (TPSA) is 49.7 Å². The fraction of sp³-hybridized carbons (Fsp3) is 0.625. The molecule has 108 valence electrons. The van der Waals surface area contributed by atoms with Crippen molar-refractivity contribution in [3.63, 3.8) is 0 Å². The zero-order valence-electron chi connectivity index (χ0n) is 12.4. The van der Waals surface area contributed by atoms with E-state index in [9.17, 15) is 5.11 Å². The molecule has 0 saturated carbocycles. The fourth-order valence-corrected chi connectivity index (χ4v) is 2.36. The van der Waals surface area contributed by atoms with Crippen molar-refractivity contribution in [3.05, 3.63) is 28.8 Å². The van der Waals surface area contributed by atoms with Gasteiger partial charge in [0.1, 0.15) is 5.75 Å². The highest BCUT2D eigenvalue weighted by Crippen LogP contribution is 2.33. The third-order valence-corrected chi connectivity index (χ3v) is 3.27. The first-order chi connectivity index (χ1) is 8.99. The van der Waals surface area contributed by atoms with E-state index in [1.54, 1.807) is 0 Å². The van der Waals surface area contributed by atoms with Crippen molar-refractivity contribution in [2.24, 2.45) is 0 Å². The Morgan fingerprint density at radius 1 is 1.26 bits per heavy atom. The maximum absolute atomic E-state index is 9.60. The van der Waals surface area contributed by atoms with Crippen LogP contribution in [0.3, 0.4) is 0 Å². The number of ether oxygens (including phenoxy) is 1. The van der Waals surface area contributed by atoms with Crippen LogP contribution in [0.15, 0.2) is 12.1 Å². The van der Waals surface area contributed by atoms with Crippen molar-refractivity contribution in [2.75, 3.05) is 13.2 Å². The second-order valence-corrected chi connectivity index (χ2v) is 5.32. The van der Waals surface area contributed by atoms with Crippen LogP contribution in [0.5, 0.6) is 5.75 Å². The van der Waals surface area contributed by atoms with Crippen molar-refractivity contribution in [1.29, 1.82) is 0 Å². The minimum Gasteiger partial charge on any atom is -0.493 e. The number of benzene rings is 1. The number of aliphatic hydroxyl groups is 2. The van der Waals surface area contributed by atoms with E-state index >= 15 is 0 Å². The van der Waals surface area contributed by atoms with E-state index < -0.39 is 6.10 Å². The van der Waals surface area contributed by atoms with Crippen LogP contribution in [-0.2, 0) is 0 Å². The Morgan fingerprint density at radius 3 is 2.53 bits per heavy atom. The first kappa shape index (κ1) is 16.0. The molecule has 0 aliphatic heterocycles. The minimum absolute atomic E-state index is 0.160. The second kappa shape index (κ2) is 7.51. The molecule has 19 heavy (non-hydrogen) atoms. The predicted molar refractivity (Wildman–Crippen MR) is 77.8 cm³/mol. The van der Waals surface area contributed by atoms with Gasteiger partial charge >= 0.3 is 0 Å². The molecule has 0 heterocycles. The highest BCUT2D eigenvalue weighted by atomic mass is 16.5. The van der Waals surface area contributed by atoms with Gasteiger partial charge in [-0.15, -0.1) is 0 Å². The highest BCUT2D eigenvalue weighted by Gasteiger charge is 2.17. The molecule has 1 aromatic carbocycles. The molecule has 3 nitrogen and oxygen atoms in total. The minimum atomic E-state index is -0.671. The van der Waals surface area contributed by atoms with Crippen LogP contribution in [0.1, 0.15) is 49.3 Å². The summed E-state index contributed by atoms with van der Waals surface area (Å²) in [6, 6.07) is 4.23. The van der Waals surface area contributed by atoms with Gasteiger partial charge in [-0.05, 0) is 43.7 Å². The van der Waals surface area contributed by atoms with Crippen LogP contribution in [-0.4, -0.2) is 29.5 Å². The molecule has 0 aliphatic rings. The molecule has 2 unspecified atom stereocenters. The van der Waals surface area contributed by atoms with E-state index in [2.05, 4.69) is 39.8 Å². The summed E-state index contributed by atoms with van der Waals surface area (Å²) in [5, 5.41) is 18.6. The van der Waals surface area contributed by atoms with Gasteiger partial charge in [-0.2, -0.15) is 0 Å². The molecule has 0 fully saturated rings. The molecule has 0 spiro atoms. The summed E-state index contributed by atoms with van der Waals surface area (Å²) in [6.45, 7) is 8.77. The molecular weight excluding hydrogens is 240 g/mol. The first-order valence-electron chi connectivity index (χ1n) is 7.02. The van der Waals surface area contributed by atoms with Gasteiger partial charge in [0.05, 0.1) is 19.3 Å². The standard InChI is InChI=1S/C16H26O3/c1-5-6-19-16-13(4)7-11(2)8-15(16)12(3)9-14(18)10-17/h7-8,12,14,17-18H,5-6,9-10H2,1-4H3. The maximum Gasteiger partial charge on any atom is 0.125 e. The lowest BCUT2D eigenvalue weighted by atomic mass is 9.91. The van der Waals surface area contributed by atoms with Gasteiger partial charge in [-0.1, -0.05) is 31.5 Å². The van der Waals surface area contributed by atoms with Crippen LogP contribution in [0.2, 0.25) is 0 Å². The second-order valence-electron chi connectivity index (χ2n) is 5.32. The quantitative estimate of drug-likeness (QED) is 0.797. The Labute approximate surface area is 116 Å². The lowest BCUT2D eigenvalue weighted by molar-refractivity contribution is 0.0832. The van der Waals surface area contributed by atoms with Gasteiger partial charge in [0.15, 0.2) is 0 Å². The van der Waals surface area contributed by atoms with Crippen LogP contribution in [0.25, 0.3) is 0 Å². The summed E-state index contributed by atoms with van der Waals surface area (Å²) in [7, 11) is 0. The third-order valence-electron chi connectivity index (χ3n) is 3.27. The Kier molecular flexibility index (Phi) is 6.32. The van der Waals surface area contributed by atoms with Gasteiger partial charge < -0.3 is 14.9 Å². The Hall–Kier alpha value is -1.06. The summed E-state index contributed by atoms with van der Waals surface area (Å²) in [5.74, 6) is 1.10.